The predicted octanol–water partition coefficient (Wildman–Crippen LogP) is 4.07. The standard InChI is InChI=1S/C20H22FN3O2S/c1-15(2)11-16-5-9-20(10-6-16)27(25,26)23-19-12-22-24(14-19)13-17-3-7-18(21)8-4-17/h3-10,12,14-15,23H,11,13H2,1-2H3. The number of aromatic nitrogens is 2. The molecule has 1 heterocycles. The maximum Gasteiger partial charge on any atom is 0.261 e. The van der Waals surface area contributed by atoms with Crippen molar-refractivity contribution in [1.29, 1.82) is 0 Å². The first-order chi connectivity index (χ1) is 12.8. The summed E-state index contributed by atoms with van der Waals surface area (Å²) in [4.78, 5) is 0.210. The van der Waals surface area contributed by atoms with Crippen molar-refractivity contribution in [1.82, 2.24) is 9.78 Å². The molecule has 0 amide bonds. The quantitative estimate of drug-likeness (QED) is 0.665. The molecule has 0 aliphatic heterocycles. The van der Waals surface area contributed by atoms with Gasteiger partial charge >= 0.3 is 0 Å². The first-order valence-corrected chi connectivity index (χ1v) is 10.2. The predicted molar refractivity (Wildman–Crippen MR) is 104 cm³/mol. The molecule has 0 atom stereocenters. The fourth-order valence-electron chi connectivity index (χ4n) is 2.77. The Hall–Kier alpha value is -2.67. The molecule has 0 saturated carbocycles. The van der Waals surface area contributed by atoms with Crippen molar-refractivity contribution in [2.45, 2.75) is 31.7 Å². The highest BCUT2D eigenvalue weighted by atomic mass is 32.2. The van der Waals surface area contributed by atoms with Gasteiger partial charge in [-0.25, -0.2) is 12.8 Å². The van der Waals surface area contributed by atoms with Crippen molar-refractivity contribution in [3.63, 3.8) is 0 Å². The zero-order chi connectivity index (χ0) is 19.4. The minimum atomic E-state index is -3.68. The van der Waals surface area contributed by atoms with Gasteiger partial charge in [-0.05, 0) is 47.7 Å². The lowest BCUT2D eigenvalue weighted by Gasteiger charge is -2.08. The lowest BCUT2D eigenvalue weighted by molar-refractivity contribution is 0.601. The second-order valence-electron chi connectivity index (χ2n) is 6.90. The third-order valence-corrected chi connectivity index (χ3v) is 5.42. The molecule has 0 aliphatic rings. The second kappa shape index (κ2) is 7.92. The van der Waals surface area contributed by atoms with Crippen LogP contribution in [-0.2, 0) is 23.0 Å². The third kappa shape index (κ3) is 5.17. The molecule has 0 unspecified atom stereocenters. The van der Waals surface area contributed by atoms with Crippen LogP contribution in [0.25, 0.3) is 0 Å². The molecule has 0 fully saturated rings. The molecule has 1 aromatic heterocycles. The molecule has 27 heavy (non-hydrogen) atoms. The van der Waals surface area contributed by atoms with Crippen LogP contribution in [-0.4, -0.2) is 18.2 Å². The van der Waals surface area contributed by atoms with E-state index in [-0.39, 0.29) is 10.7 Å². The van der Waals surface area contributed by atoms with Gasteiger partial charge in [-0.1, -0.05) is 38.1 Å². The monoisotopic (exact) mass is 387 g/mol. The molecule has 0 spiro atoms. The number of hydrogen-bond acceptors (Lipinski definition) is 3. The number of nitrogens with one attached hydrogen (secondary N) is 1. The Morgan fingerprint density at radius 3 is 2.30 bits per heavy atom. The molecule has 5 nitrogen and oxygen atoms in total. The van der Waals surface area contributed by atoms with E-state index in [1.807, 2.05) is 12.1 Å². The minimum Gasteiger partial charge on any atom is -0.276 e. The lowest BCUT2D eigenvalue weighted by Crippen LogP contribution is -2.12. The van der Waals surface area contributed by atoms with Crippen LogP contribution in [0.5, 0.6) is 0 Å². The SMILES string of the molecule is CC(C)Cc1ccc(S(=O)(=O)Nc2cnn(Cc3ccc(F)cc3)c2)cc1. The van der Waals surface area contributed by atoms with Crippen LogP contribution in [0.3, 0.4) is 0 Å². The summed E-state index contributed by atoms with van der Waals surface area (Å²) in [6, 6.07) is 13.0. The molecular formula is C20H22FN3O2S. The van der Waals surface area contributed by atoms with Crippen molar-refractivity contribution in [2.24, 2.45) is 5.92 Å². The molecule has 3 rings (SSSR count). The first-order valence-electron chi connectivity index (χ1n) is 8.70. The highest BCUT2D eigenvalue weighted by Crippen LogP contribution is 2.18. The van der Waals surface area contributed by atoms with Gasteiger partial charge < -0.3 is 0 Å². The highest BCUT2D eigenvalue weighted by Gasteiger charge is 2.15. The Morgan fingerprint density at radius 2 is 1.67 bits per heavy atom. The molecule has 0 saturated heterocycles. The number of benzene rings is 2. The summed E-state index contributed by atoms with van der Waals surface area (Å²) in [5.41, 5.74) is 2.36. The zero-order valence-corrected chi connectivity index (χ0v) is 16.1. The Morgan fingerprint density at radius 1 is 1.04 bits per heavy atom. The van der Waals surface area contributed by atoms with Gasteiger partial charge in [-0.3, -0.25) is 9.40 Å². The molecule has 142 valence electrons. The molecular weight excluding hydrogens is 365 g/mol. The number of rotatable bonds is 7. The van der Waals surface area contributed by atoms with E-state index in [2.05, 4.69) is 23.7 Å². The van der Waals surface area contributed by atoms with Crippen LogP contribution in [0.4, 0.5) is 10.1 Å². The largest absolute Gasteiger partial charge is 0.276 e. The summed E-state index contributed by atoms with van der Waals surface area (Å²) < 4.78 is 42.2. The summed E-state index contributed by atoms with van der Waals surface area (Å²) in [6.07, 6.45) is 3.96. The number of halogens is 1. The highest BCUT2D eigenvalue weighted by molar-refractivity contribution is 7.92. The molecule has 0 aliphatic carbocycles. The summed E-state index contributed by atoms with van der Waals surface area (Å²) in [6.45, 7) is 4.66. The van der Waals surface area contributed by atoms with Gasteiger partial charge in [0.25, 0.3) is 10.0 Å². The van der Waals surface area contributed by atoms with Crippen LogP contribution in [0.2, 0.25) is 0 Å². The van der Waals surface area contributed by atoms with Crippen molar-refractivity contribution in [3.05, 3.63) is 77.9 Å². The number of hydrogen-bond donors (Lipinski definition) is 1. The average Bonchev–Trinajstić information content (AvgIpc) is 3.03. The smallest absolute Gasteiger partial charge is 0.261 e. The molecule has 0 radical (unpaired) electrons. The van der Waals surface area contributed by atoms with Gasteiger partial charge in [0.15, 0.2) is 0 Å². The van der Waals surface area contributed by atoms with Crippen molar-refractivity contribution in [3.8, 4) is 0 Å². The van der Waals surface area contributed by atoms with E-state index in [9.17, 15) is 12.8 Å². The molecule has 2 aromatic carbocycles. The molecule has 1 N–H and O–H groups in total. The Labute approximate surface area is 158 Å². The van der Waals surface area contributed by atoms with E-state index >= 15 is 0 Å². The number of anilines is 1. The first kappa shape index (κ1) is 19.1. The third-order valence-electron chi connectivity index (χ3n) is 4.02. The van der Waals surface area contributed by atoms with Crippen LogP contribution in [0.15, 0.2) is 65.8 Å². The Kier molecular flexibility index (Phi) is 5.60. The van der Waals surface area contributed by atoms with Gasteiger partial charge in [0, 0.05) is 6.20 Å². The van der Waals surface area contributed by atoms with Gasteiger partial charge in [0.05, 0.1) is 23.3 Å². The normalized spacial score (nSPS) is 11.7. The summed E-state index contributed by atoms with van der Waals surface area (Å²) >= 11 is 0. The minimum absolute atomic E-state index is 0.210. The number of nitrogens with zero attached hydrogens (tertiary/aromatic N) is 2. The molecule has 7 heteroatoms. The van der Waals surface area contributed by atoms with Crippen molar-refractivity contribution >= 4 is 15.7 Å². The van der Waals surface area contributed by atoms with E-state index < -0.39 is 10.0 Å². The molecule has 3 aromatic rings. The van der Waals surface area contributed by atoms with Gasteiger partial charge in [0.2, 0.25) is 0 Å². The van der Waals surface area contributed by atoms with Crippen LogP contribution in [0.1, 0.15) is 25.0 Å². The average molecular weight is 387 g/mol. The maximum atomic E-state index is 13.0. The van der Waals surface area contributed by atoms with Gasteiger partial charge in [-0.2, -0.15) is 5.10 Å². The zero-order valence-electron chi connectivity index (χ0n) is 15.3. The van der Waals surface area contributed by atoms with E-state index in [4.69, 9.17) is 0 Å². The van der Waals surface area contributed by atoms with Crippen molar-refractivity contribution < 1.29 is 12.8 Å². The summed E-state index contributed by atoms with van der Waals surface area (Å²) in [5, 5.41) is 4.15. The lowest BCUT2D eigenvalue weighted by atomic mass is 10.0. The summed E-state index contributed by atoms with van der Waals surface area (Å²) in [5.74, 6) is 0.213. The van der Waals surface area contributed by atoms with E-state index in [1.165, 1.54) is 18.3 Å². The van der Waals surface area contributed by atoms with Gasteiger partial charge in [0.1, 0.15) is 5.82 Å². The van der Waals surface area contributed by atoms with Crippen LogP contribution >= 0.6 is 0 Å². The fraction of sp³-hybridized carbons (Fsp3) is 0.250. The maximum absolute atomic E-state index is 13.0. The summed E-state index contributed by atoms with van der Waals surface area (Å²) in [7, 11) is -3.68. The van der Waals surface area contributed by atoms with Crippen molar-refractivity contribution in [2.75, 3.05) is 4.72 Å². The molecule has 0 bridgehead atoms. The van der Waals surface area contributed by atoms with E-state index in [1.54, 1.807) is 35.1 Å². The Bertz CT molecular complexity index is 994. The van der Waals surface area contributed by atoms with Crippen LogP contribution < -0.4 is 4.72 Å². The van der Waals surface area contributed by atoms with E-state index in [0.717, 1.165) is 17.5 Å². The Balaban J connectivity index is 1.69. The fourth-order valence-corrected chi connectivity index (χ4v) is 3.80. The van der Waals surface area contributed by atoms with Gasteiger partial charge in [-0.15, -0.1) is 0 Å². The topological polar surface area (TPSA) is 64.0 Å². The second-order valence-corrected chi connectivity index (χ2v) is 8.58. The van der Waals surface area contributed by atoms with E-state index in [0.29, 0.717) is 18.2 Å². The number of sulfonamides is 1. The van der Waals surface area contributed by atoms with Crippen LogP contribution in [0, 0.1) is 11.7 Å².